The number of carbonyl (C=O) groups is 1. The SMILES string of the molecule is Cn1cnc(C(=O)N(CCC(F)(F)F)Cc2ccnc(-c3ccc(F)cc3)c2)c1. The van der Waals surface area contributed by atoms with Crippen LogP contribution >= 0.6 is 0 Å². The number of nitrogens with zero attached hydrogens (tertiary/aromatic N) is 4. The highest BCUT2D eigenvalue weighted by Gasteiger charge is 2.30. The summed E-state index contributed by atoms with van der Waals surface area (Å²) in [5.41, 5.74) is 1.86. The molecule has 0 aliphatic heterocycles. The first-order chi connectivity index (χ1) is 13.7. The Hall–Kier alpha value is -3.23. The standard InChI is InChI=1S/C20H18F4N4O/c1-27-12-18(26-13-27)19(29)28(9-7-20(22,23)24)11-14-6-8-25-17(10-14)15-2-4-16(21)5-3-15/h2-6,8,10,12-13H,7,9,11H2,1H3. The van der Waals surface area contributed by atoms with Gasteiger partial charge in [0.05, 0.1) is 18.4 Å². The Balaban J connectivity index is 1.84. The molecule has 0 fully saturated rings. The minimum atomic E-state index is -4.39. The summed E-state index contributed by atoms with van der Waals surface area (Å²) < 4.78 is 52.9. The van der Waals surface area contributed by atoms with Crippen LogP contribution in [0.3, 0.4) is 0 Å². The molecule has 0 spiro atoms. The molecule has 3 aromatic rings. The molecular formula is C20H18F4N4O. The fourth-order valence-electron chi connectivity index (χ4n) is 2.77. The van der Waals surface area contributed by atoms with E-state index < -0.39 is 25.0 Å². The Morgan fingerprint density at radius 3 is 2.48 bits per heavy atom. The lowest BCUT2D eigenvalue weighted by atomic mass is 10.1. The molecule has 29 heavy (non-hydrogen) atoms. The van der Waals surface area contributed by atoms with Crippen LogP contribution in [0.15, 0.2) is 55.1 Å². The van der Waals surface area contributed by atoms with Gasteiger partial charge in [-0.25, -0.2) is 9.37 Å². The number of pyridine rings is 1. The summed E-state index contributed by atoms with van der Waals surface area (Å²) in [6.45, 7) is -0.532. The van der Waals surface area contributed by atoms with E-state index in [1.807, 2.05) is 0 Å². The highest BCUT2D eigenvalue weighted by Crippen LogP contribution is 2.23. The molecule has 0 aliphatic carbocycles. The average Bonchev–Trinajstić information content (AvgIpc) is 3.11. The van der Waals surface area contributed by atoms with Crippen LogP contribution in [0.1, 0.15) is 22.5 Å². The van der Waals surface area contributed by atoms with Gasteiger partial charge in [0.15, 0.2) is 0 Å². The second kappa shape index (κ2) is 8.42. The summed E-state index contributed by atoms with van der Waals surface area (Å²) in [5.74, 6) is -0.973. The van der Waals surface area contributed by atoms with Crippen molar-refractivity contribution in [3.05, 3.63) is 72.2 Å². The summed E-state index contributed by atoms with van der Waals surface area (Å²) >= 11 is 0. The highest BCUT2D eigenvalue weighted by molar-refractivity contribution is 5.92. The molecule has 9 heteroatoms. The molecule has 0 N–H and O–H groups in total. The fraction of sp³-hybridized carbons (Fsp3) is 0.250. The van der Waals surface area contributed by atoms with Crippen molar-refractivity contribution < 1.29 is 22.4 Å². The van der Waals surface area contributed by atoms with Crippen LogP contribution in [0, 0.1) is 5.82 Å². The lowest BCUT2D eigenvalue weighted by Gasteiger charge is -2.23. The molecule has 2 aromatic heterocycles. The van der Waals surface area contributed by atoms with E-state index in [0.717, 1.165) is 4.90 Å². The number of hydrogen-bond donors (Lipinski definition) is 0. The van der Waals surface area contributed by atoms with E-state index in [1.165, 1.54) is 30.9 Å². The number of benzene rings is 1. The van der Waals surface area contributed by atoms with Crippen molar-refractivity contribution in [3.8, 4) is 11.3 Å². The van der Waals surface area contributed by atoms with Gasteiger partial charge in [-0.15, -0.1) is 0 Å². The fourth-order valence-corrected chi connectivity index (χ4v) is 2.77. The predicted molar refractivity (Wildman–Crippen MR) is 98.3 cm³/mol. The maximum atomic E-state index is 13.1. The van der Waals surface area contributed by atoms with Crippen molar-refractivity contribution in [1.29, 1.82) is 0 Å². The average molecular weight is 406 g/mol. The summed E-state index contributed by atoms with van der Waals surface area (Å²) in [6.07, 6.45) is -1.14. The van der Waals surface area contributed by atoms with Gasteiger partial charge in [-0.05, 0) is 42.0 Å². The van der Waals surface area contributed by atoms with Gasteiger partial charge in [-0.2, -0.15) is 13.2 Å². The molecule has 0 bridgehead atoms. The molecule has 3 rings (SSSR count). The van der Waals surface area contributed by atoms with Gasteiger partial charge in [0.2, 0.25) is 0 Å². The number of rotatable bonds is 6. The Morgan fingerprint density at radius 2 is 1.86 bits per heavy atom. The van der Waals surface area contributed by atoms with E-state index in [1.54, 1.807) is 35.9 Å². The number of alkyl halides is 3. The maximum absolute atomic E-state index is 13.1. The Labute approximate surface area is 164 Å². The topological polar surface area (TPSA) is 51.0 Å². The maximum Gasteiger partial charge on any atom is 0.390 e. The van der Waals surface area contributed by atoms with Crippen molar-refractivity contribution in [3.63, 3.8) is 0 Å². The van der Waals surface area contributed by atoms with Crippen molar-refractivity contribution in [1.82, 2.24) is 19.4 Å². The first kappa shape index (κ1) is 20.5. The molecule has 2 heterocycles. The number of carbonyl (C=O) groups excluding carboxylic acids is 1. The van der Waals surface area contributed by atoms with Crippen LogP contribution in [-0.4, -0.2) is 38.1 Å². The summed E-state index contributed by atoms with van der Waals surface area (Å²) in [5, 5.41) is 0. The second-order valence-electron chi connectivity index (χ2n) is 6.57. The van der Waals surface area contributed by atoms with E-state index in [4.69, 9.17) is 0 Å². The lowest BCUT2D eigenvalue weighted by molar-refractivity contribution is -0.136. The number of aryl methyl sites for hydroxylation is 1. The van der Waals surface area contributed by atoms with Crippen LogP contribution in [0.2, 0.25) is 0 Å². The van der Waals surface area contributed by atoms with Gasteiger partial charge in [0.1, 0.15) is 11.5 Å². The molecule has 0 unspecified atom stereocenters. The van der Waals surface area contributed by atoms with Crippen molar-refractivity contribution in [2.45, 2.75) is 19.1 Å². The quantitative estimate of drug-likeness (QED) is 0.576. The van der Waals surface area contributed by atoms with Crippen LogP contribution in [0.25, 0.3) is 11.3 Å². The number of imidazole rings is 1. The minimum Gasteiger partial charge on any atom is -0.340 e. The van der Waals surface area contributed by atoms with Crippen molar-refractivity contribution in [2.75, 3.05) is 6.54 Å². The number of aromatic nitrogens is 3. The molecule has 1 amide bonds. The van der Waals surface area contributed by atoms with Gasteiger partial charge in [0.25, 0.3) is 5.91 Å². The molecule has 0 atom stereocenters. The number of amides is 1. The minimum absolute atomic E-state index is 0.0395. The molecule has 0 radical (unpaired) electrons. The lowest BCUT2D eigenvalue weighted by Crippen LogP contribution is -2.34. The molecule has 152 valence electrons. The zero-order valence-electron chi connectivity index (χ0n) is 15.5. The van der Waals surface area contributed by atoms with Crippen LogP contribution in [0.4, 0.5) is 17.6 Å². The molecule has 5 nitrogen and oxygen atoms in total. The van der Waals surface area contributed by atoms with Crippen molar-refractivity contribution >= 4 is 5.91 Å². The van der Waals surface area contributed by atoms with E-state index in [0.29, 0.717) is 16.8 Å². The predicted octanol–water partition coefficient (Wildman–Crippen LogP) is 4.22. The Kier molecular flexibility index (Phi) is 5.95. The third kappa shape index (κ3) is 5.63. The molecule has 0 saturated heterocycles. The smallest absolute Gasteiger partial charge is 0.340 e. The summed E-state index contributed by atoms with van der Waals surface area (Å²) in [4.78, 5) is 22.0. The Bertz CT molecular complexity index is 983. The van der Waals surface area contributed by atoms with Gasteiger partial charge in [-0.1, -0.05) is 0 Å². The van der Waals surface area contributed by atoms with E-state index in [9.17, 15) is 22.4 Å². The van der Waals surface area contributed by atoms with Crippen LogP contribution < -0.4 is 0 Å². The zero-order valence-corrected chi connectivity index (χ0v) is 15.5. The van der Waals surface area contributed by atoms with E-state index >= 15 is 0 Å². The third-order valence-corrected chi connectivity index (χ3v) is 4.21. The van der Waals surface area contributed by atoms with E-state index in [-0.39, 0.29) is 18.1 Å². The van der Waals surface area contributed by atoms with Crippen LogP contribution in [0.5, 0.6) is 0 Å². The highest BCUT2D eigenvalue weighted by atomic mass is 19.4. The first-order valence-electron chi connectivity index (χ1n) is 8.76. The second-order valence-corrected chi connectivity index (χ2v) is 6.57. The van der Waals surface area contributed by atoms with Crippen molar-refractivity contribution in [2.24, 2.45) is 7.05 Å². The largest absolute Gasteiger partial charge is 0.390 e. The number of hydrogen-bond acceptors (Lipinski definition) is 3. The molecule has 0 aliphatic rings. The summed E-state index contributed by atoms with van der Waals surface area (Å²) in [6, 6.07) is 9.00. The molecule has 1 aromatic carbocycles. The zero-order chi connectivity index (χ0) is 21.0. The van der Waals surface area contributed by atoms with Gasteiger partial charge in [-0.3, -0.25) is 9.78 Å². The van der Waals surface area contributed by atoms with Crippen LogP contribution in [-0.2, 0) is 13.6 Å². The third-order valence-electron chi connectivity index (χ3n) is 4.21. The molecular weight excluding hydrogens is 388 g/mol. The molecule has 0 saturated carbocycles. The monoisotopic (exact) mass is 406 g/mol. The first-order valence-corrected chi connectivity index (χ1v) is 8.76. The van der Waals surface area contributed by atoms with Gasteiger partial charge < -0.3 is 9.47 Å². The Morgan fingerprint density at radius 1 is 1.14 bits per heavy atom. The van der Waals surface area contributed by atoms with Gasteiger partial charge >= 0.3 is 6.18 Å². The van der Waals surface area contributed by atoms with Gasteiger partial charge in [0, 0.05) is 38.1 Å². The van der Waals surface area contributed by atoms with E-state index in [2.05, 4.69) is 9.97 Å². The normalized spacial score (nSPS) is 11.5. The summed E-state index contributed by atoms with van der Waals surface area (Å²) in [7, 11) is 1.67. The number of halogens is 4.